The highest BCUT2D eigenvalue weighted by atomic mass is 16.3. The molecule has 0 bridgehead atoms. The molecule has 1 N–H and O–H groups in total. The van der Waals surface area contributed by atoms with E-state index >= 15 is 0 Å². The maximum atomic E-state index is 12.2. The number of phenolic OH excluding ortho intramolecular Hbond substituents is 1. The van der Waals surface area contributed by atoms with Crippen molar-refractivity contribution in [3.8, 4) is 5.75 Å². The van der Waals surface area contributed by atoms with E-state index in [9.17, 15) is 9.90 Å². The number of benzene rings is 2. The smallest absolute Gasteiger partial charge is 0.257 e. The summed E-state index contributed by atoms with van der Waals surface area (Å²) >= 11 is 0. The maximum Gasteiger partial charge on any atom is 0.257 e. The summed E-state index contributed by atoms with van der Waals surface area (Å²) in [6, 6.07) is 11.1. The van der Waals surface area contributed by atoms with Gasteiger partial charge in [0.25, 0.3) is 5.91 Å². The molecule has 0 radical (unpaired) electrons. The Hall–Kier alpha value is -2.03. The van der Waals surface area contributed by atoms with Gasteiger partial charge in [0, 0.05) is 18.5 Å². The van der Waals surface area contributed by atoms with Crippen LogP contribution >= 0.6 is 0 Å². The first-order chi connectivity index (χ1) is 8.52. The number of nitrogens with zero attached hydrogens (tertiary/aromatic N) is 1. The van der Waals surface area contributed by atoms with E-state index in [2.05, 4.69) is 0 Å². The van der Waals surface area contributed by atoms with Gasteiger partial charge in [0.2, 0.25) is 0 Å². The third-order valence-corrected chi connectivity index (χ3v) is 3.23. The van der Waals surface area contributed by atoms with Crippen LogP contribution in [0.5, 0.6) is 5.75 Å². The molecule has 0 spiro atoms. The van der Waals surface area contributed by atoms with Crippen molar-refractivity contribution in [2.75, 3.05) is 7.05 Å². The van der Waals surface area contributed by atoms with Gasteiger partial charge in [-0.2, -0.15) is 0 Å². The molecule has 0 unspecified atom stereocenters. The molecule has 0 aromatic heterocycles. The minimum absolute atomic E-state index is 0.0607. The minimum atomic E-state index is -0.159. The Morgan fingerprint density at radius 3 is 2.50 bits per heavy atom. The third-order valence-electron chi connectivity index (χ3n) is 3.23. The summed E-state index contributed by atoms with van der Waals surface area (Å²) < 4.78 is 0. The molecule has 2 aromatic carbocycles. The average molecular weight is 243 g/mol. The highest BCUT2D eigenvalue weighted by Crippen LogP contribution is 2.29. The molecular weight excluding hydrogens is 226 g/mol. The van der Waals surface area contributed by atoms with E-state index in [1.165, 1.54) is 0 Å². The van der Waals surface area contributed by atoms with Crippen LogP contribution in [-0.4, -0.2) is 29.0 Å². The summed E-state index contributed by atoms with van der Waals surface area (Å²) in [6.07, 6.45) is 0. The molecule has 0 saturated heterocycles. The molecule has 0 aliphatic heterocycles. The van der Waals surface area contributed by atoms with Gasteiger partial charge in [0.1, 0.15) is 5.75 Å². The summed E-state index contributed by atoms with van der Waals surface area (Å²) in [7, 11) is 1.74. The van der Waals surface area contributed by atoms with E-state index < -0.39 is 0 Å². The van der Waals surface area contributed by atoms with Crippen molar-refractivity contribution < 1.29 is 9.90 Å². The molecule has 0 heterocycles. The second-order valence-electron chi connectivity index (χ2n) is 4.69. The number of carbonyl (C=O) groups excluding carboxylic acids is 1. The van der Waals surface area contributed by atoms with E-state index in [0.29, 0.717) is 10.9 Å². The van der Waals surface area contributed by atoms with E-state index in [1.807, 2.05) is 44.2 Å². The molecule has 0 aliphatic carbocycles. The average Bonchev–Trinajstić information content (AvgIpc) is 2.37. The second kappa shape index (κ2) is 4.69. The number of rotatable bonds is 2. The van der Waals surface area contributed by atoms with E-state index in [-0.39, 0.29) is 17.7 Å². The normalized spacial score (nSPS) is 10.9. The monoisotopic (exact) mass is 243 g/mol. The molecule has 0 fully saturated rings. The molecule has 3 heteroatoms. The first kappa shape index (κ1) is 12.4. The van der Waals surface area contributed by atoms with Crippen LogP contribution < -0.4 is 0 Å². The van der Waals surface area contributed by atoms with Gasteiger partial charge in [0.15, 0.2) is 0 Å². The van der Waals surface area contributed by atoms with E-state index in [1.54, 1.807) is 18.0 Å². The van der Waals surface area contributed by atoms with Crippen LogP contribution in [0.1, 0.15) is 24.2 Å². The standard InChI is InChI=1S/C15H17NO2/c1-10(2)16(3)15(18)13-9-8-11-6-4-5-7-12(11)14(13)17/h4-10,17H,1-3H3. The van der Waals surface area contributed by atoms with Gasteiger partial charge in [0.05, 0.1) is 5.56 Å². The van der Waals surface area contributed by atoms with Crippen molar-refractivity contribution in [1.29, 1.82) is 0 Å². The zero-order chi connectivity index (χ0) is 13.3. The third kappa shape index (κ3) is 2.04. The fraction of sp³-hybridized carbons (Fsp3) is 0.267. The largest absolute Gasteiger partial charge is 0.506 e. The minimum Gasteiger partial charge on any atom is -0.506 e. The lowest BCUT2D eigenvalue weighted by atomic mass is 10.0. The van der Waals surface area contributed by atoms with Crippen LogP contribution in [-0.2, 0) is 0 Å². The van der Waals surface area contributed by atoms with Crippen LogP contribution in [0.2, 0.25) is 0 Å². The number of aromatic hydroxyl groups is 1. The van der Waals surface area contributed by atoms with Crippen molar-refractivity contribution in [2.24, 2.45) is 0 Å². The number of fused-ring (bicyclic) bond motifs is 1. The summed E-state index contributed by atoms with van der Waals surface area (Å²) in [5.74, 6) is -0.0983. The number of amides is 1. The summed E-state index contributed by atoms with van der Waals surface area (Å²) in [4.78, 5) is 13.8. The molecule has 0 saturated carbocycles. The van der Waals surface area contributed by atoms with Crippen LogP contribution in [0.3, 0.4) is 0 Å². The predicted octanol–water partition coefficient (Wildman–Crippen LogP) is 3.03. The molecule has 94 valence electrons. The first-order valence-electron chi connectivity index (χ1n) is 6.00. The Labute approximate surface area is 107 Å². The van der Waals surface area contributed by atoms with Gasteiger partial charge in [-0.25, -0.2) is 0 Å². The summed E-state index contributed by atoms with van der Waals surface area (Å²) in [6.45, 7) is 3.88. The Morgan fingerprint density at radius 2 is 1.83 bits per heavy atom. The highest BCUT2D eigenvalue weighted by molar-refractivity contribution is 6.03. The lowest BCUT2D eigenvalue weighted by Gasteiger charge is -2.22. The summed E-state index contributed by atoms with van der Waals surface area (Å²) in [5, 5.41) is 11.8. The van der Waals surface area contributed by atoms with Gasteiger partial charge in [-0.05, 0) is 25.3 Å². The van der Waals surface area contributed by atoms with E-state index in [4.69, 9.17) is 0 Å². The van der Waals surface area contributed by atoms with Crippen molar-refractivity contribution in [3.63, 3.8) is 0 Å². The molecule has 18 heavy (non-hydrogen) atoms. The van der Waals surface area contributed by atoms with E-state index in [0.717, 1.165) is 5.39 Å². The van der Waals surface area contributed by atoms with Crippen LogP contribution in [0, 0.1) is 0 Å². The second-order valence-corrected chi connectivity index (χ2v) is 4.69. The number of carbonyl (C=O) groups is 1. The zero-order valence-corrected chi connectivity index (χ0v) is 10.8. The van der Waals surface area contributed by atoms with Gasteiger partial charge in [-0.1, -0.05) is 30.3 Å². The Kier molecular flexibility index (Phi) is 3.24. The number of phenols is 1. The Balaban J connectivity index is 2.53. The van der Waals surface area contributed by atoms with Crippen molar-refractivity contribution in [1.82, 2.24) is 4.90 Å². The van der Waals surface area contributed by atoms with Gasteiger partial charge < -0.3 is 10.0 Å². The molecule has 0 atom stereocenters. The fourth-order valence-corrected chi connectivity index (χ4v) is 1.85. The molecule has 0 aliphatic rings. The van der Waals surface area contributed by atoms with Crippen LogP contribution in [0.25, 0.3) is 10.8 Å². The lowest BCUT2D eigenvalue weighted by molar-refractivity contribution is 0.0752. The lowest BCUT2D eigenvalue weighted by Crippen LogP contribution is -2.33. The fourth-order valence-electron chi connectivity index (χ4n) is 1.85. The highest BCUT2D eigenvalue weighted by Gasteiger charge is 2.18. The van der Waals surface area contributed by atoms with Crippen molar-refractivity contribution >= 4 is 16.7 Å². The Morgan fingerprint density at radius 1 is 1.17 bits per heavy atom. The number of hydrogen-bond acceptors (Lipinski definition) is 2. The SMILES string of the molecule is CC(C)N(C)C(=O)c1ccc2ccccc2c1O. The van der Waals surface area contributed by atoms with Crippen molar-refractivity contribution in [3.05, 3.63) is 42.0 Å². The Bertz CT molecular complexity index is 590. The molecule has 1 amide bonds. The van der Waals surface area contributed by atoms with Gasteiger partial charge in [-0.3, -0.25) is 4.79 Å². The zero-order valence-electron chi connectivity index (χ0n) is 10.8. The first-order valence-corrected chi connectivity index (χ1v) is 6.00. The van der Waals surface area contributed by atoms with Gasteiger partial charge >= 0.3 is 0 Å². The van der Waals surface area contributed by atoms with Crippen molar-refractivity contribution in [2.45, 2.75) is 19.9 Å². The van der Waals surface area contributed by atoms with Gasteiger partial charge in [-0.15, -0.1) is 0 Å². The quantitative estimate of drug-likeness (QED) is 0.880. The molecule has 2 rings (SSSR count). The molecule has 2 aromatic rings. The molecule has 3 nitrogen and oxygen atoms in total. The number of hydrogen-bond donors (Lipinski definition) is 1. The van der Waals surface area contributed by atoms with Crippen LogP contribution in [0.15, 0.2) is 36.4 Å². The molecular formula is C15H17NO2. The predicted molar refractivity (Wildman–Crippen MR) is 72.8 cm³/mol. The maximum absolute atomic E-state index is 12.2. The topological polar surface area (TPSA) is 40.5 Å². The summed E-state index contributed by atoms with van der Waals surface area (Å²) in [5.41, 5.74) is 0.352. The van der Waals surface area contributed by atoms with Crippen LogP contribution in [0.4, 0.5) is 0 Å².